The van der Waals surface area contributed by atoms with E-state index in [4.69, 9.17) is 4.74 Å². The fraction of sp³-hybridized carbons (Fsp3) is 0.190. The molecule has 0 fully saturated rings. The highest BCUT2D eigenvalue weighted by atomic mass is 16.5. The number of methoxy groups -OCH3 is 1. The van der Waals surface area contributed by atoms with Crippen molar-refractivity contribution < 1.29 is 14.1 Å². The number of rotatable bonds is 7. The van der Waals surface area contributed by atoms with Gasteiger partial charge in [0.25, 0.3) is 5.82 Å². The van der Waals surface area contributed by atoms with E-state index in [0.717, 1.165) is 23.6 Å². The zero-order chi connectivity index (χ0) is 18.4. The molecule has 0 saturated heterocycles. The summed E-state index contributed by atoms with van der Waals surface area (Å²) >= 11 is 0. The van der Waals surface area contributed by atoms with Gasteiger partial charge in [-0.25, -0.2) is 4.57 Å². The summed E-state index contributed by atoms with van der Waals surface area (Å²) in [5, 5.41) is 4.51. The van der Waals surface area contributed by atoms with Gasteiger partial charge in [0.15, 0.2) is 12.7 Å². The first-order valence-electron chi connectivity index (χ1n) is 8.57. The van der Waals surface area contributed by atoms with E-state index < -0.39 is 0 Å². The van der Waals surface area contributed by atoms with Gasteiger partial charge >= 0.3 is 0 Å². The second-order valence-corrected chi connectivity index (χ2v) is 5.85. The molecule has 2 aromatic carbocycles. The van der Waals surface area contributed by atoms with Gasteiger partial charge < -0.3 is 4.74 Å². The minimum atomic E-state index is 0.0529. The summed E-state index contributed by atoms with van der Waals surface area (Å²) in [4.78, 5) is 12.6. The minimum absolute atomic E-state index is 0.0529. The average Bonchev–Trinajstić information content (AvgIpc) is 3.08. The lowest BCUT2D eigenvalue weighted by atomic mass is 10.1. The fourth-order valence-corrected chi connectivity index (χ4v) is 2.75. The molecule has 132 valence electrons. The van der Waals surface area contributed by atoms with Gasteiger partial charge in [0.2, 0.25) is 5.78 Å². The molecule has 0 aliphatic rings. The highest BCUT2D eigenvalue weighted by Crippen LogP contribution is 2.12. The van der Waals surface area contributed by atoms with E-state index in [1.807, 2.05) is 58.2 Å². The van der Waals surface area contributed by atoms with E-state index in [-0.39, 0.29) is 12.3 Å². The zero-order valence-electron chi connectivity index (χ0n) is 15.0. The second-order valence-electron chi connectivity index (χ2n) is 5.85. The van der Waals surface area contributed by atoms with Crippen molar-refractivity contribution in [1.29, 1.82) is 0 Å². The predicted octanol–water partition coefficient (Wildman–Crippen LogP) is 3.11. The molecule has 0 atom stereocenters. The number of carbonyl (C=O) groups excluding carboxylic acids is 1. The number of ketones is 1. The van der Waals surface area contributed by atoms with Gasteiger partial charge in [-0.1, -0.05) is 42.4 Å². The molecule has 5 heteroatoms. The van der Waals surface area contributed by atoms with Crippen LogP contribution in [-0.2, 0) is 13.0 Å². The number of nitrogens with zero attached hydrogens (tertiary/aromatic N) is 3. The Kier molecular flexibility index (Phi) is 5.59. The zero-order valence-corrected chi connectivity index (χ0v) is 15.0. The van der Waals surface area contributed by atoms with Gasteiger partial charge in [-0.3, -0.25) is 4.79 Å². The van der Waals surface area contributed by atoms with Crippen molar-refractivity contribution in [2.24, 2.45) is 5.10 Å². The Labute approximate surface area is 153 Å². The molecule has 26 heavy (non-hydrogen) atoms. The van der Waals surface area contributed by atoms with Crippen molar-refractivity contribution in [1.82, 2.24) is 4.68 Å². The Morgan fingerprint density at radius 3 is 2.54 bits per heavy atom. The summed E-state index contributed by atoms with van der Waals surface area (Å²) in [6.45, 7) is 2.33. The van der Waals surface area contributed by atoms with Crippen molar-refractivity contribution in [2.45, 2.75) is 19.9 Å². The largest absolute Gasteiger partial charge is 0.497 e. The van der Waals surface area contributed by atoms with Crippen LogP contribution in [0.15, 0.2) is 72.1 Å². The summed E-state index contributed by atoms with van der Waals surface area (Å²) in [7, 11) is 1.61. The SMILES string of the molecule is CCc1n(N=Cc2ccccc2)cc[n+]1CC(=O)c1ccc(OC)cc1. The van der Waals surface area contributed by atoms with Gasteiger partial charge in [-0.05, 0) is 29.8 Å². The third-order valence-corrected chi connectivity index (χ3v) is 4.16. The van der Waals surface area contributed by atoms with Crippen molar-refractivity contribution >= 4 is 12.0 Å². The van der Waals surface area contributed by atoms with Crippen LogP contribution in [0.2, 0.25) is 0 Å². The van der Waals surface area contributed by atoms with Crippen LogP contribution < -0.4 is 9.30 Å². The predicted molar refractivity (Wildman–Crippen MR) is 101 cm³/mol. The standard InChI is InChI=1S/C21H22N3O2/c1-3-21-23(16-20(25)18-9-11-19(26-2)12-10-18)13-14-24(21)22-15-17-7-5-4-6-8-17/h4-15H,3,16H2,1-2H3/q+1. The molecule has 1 aromatic heterocycles. The first kappa shape index (κ1) is 17.6. The van der Waals surface area contributed by atoms with Gasteiger partial charge in [-0.15, -0.1) is 4.68 Å². The van der Waals surface area contributed by atoms with E-state index in [0.29, 0.717) is 5.56 Å². The maximum absolute atomic E-state index is 12.6. The summed E-state index contributed by atoms with van der Waals surface area (Å²) in [5.74, 6) is 1.76. The van der Waals surface area contributed by atoms with Crippen molar-refractivity contribution in [2.75, 3.05) is 7.11 Å². The molecule has 0 spiro atoms. The Morgan fingerprint density at radius 1 is 1.15 bits per heavy atom. The summed E-state index contributed by atoms with van der Waals surface area (Å²) in [6.07, 6.45) is 6.35. The number of hydrogen-bond acceptors (Lipinski definition) is 3. The lowest BCUT2D eigenvalue weighted by Gasteiger charge is -2.03. The number of hydrogen-bond donors (Lipinski definition) is 0. The lowest BCUT2D eigenvalue weighted by molar-refractivity contribution is -0.690. The molecular weight excluding hydrogens is 326 g/mol. The van der Waals surface area contributed by atoms with E-state index >= 15 is 0 Å². The third-order valence-electron chi connectivity index (χ3n) is 4.16. The molecule has 1 heterocycles. The minimum Gasteiger partial charge on any atom is -0.497 e. The highest BCUT2D eigenvalue weighted by Gasteiger charge is 2.18. The maximum atomic E-state index is 12.6. The Hall–Kier alpha value is -3.21. The van der Waals surface area contributed by atoms with Crippen LogP contribution in [0.5, 0.6) is 5.75 Å². The van der Waals surface area contributed by atoms with E-state index in [9.17, 15) is 4.79 Å². The van der Waals surface area contributed by atoms with Crippen LogP contribution in [-0.4, -0.2) is 23.8 Å². The van der Waals surface area contributed by atoms with Crippen LogP contribution in [0.1, 0.15) is 28.7 Å². The van der Waals surface area contributed by atoms with Crippen molar-refractivity contribution in [3.05, 3.63) is 83.9 Å². The van der Waals surface area contributed by atoms with Crippen molar-refractivity contribution in [3.8, 4) is 5.75 Å². The molecule has 0 aliphatic carbocycles. The fourth-order valence-electron chi connectivity index (χ4n) is 2.75. The normalized spacial score (nSPS) is 11.0. The molecule has 3 rings (SSSR count). The molecule has 0 amide bonds. The van der Waals surface area contributed by atoms with Crippen LogP contribution in [0, 0.1) is 0 Å². The smallest absolute Gasteiger partial charge is 0.282 e. The number of carbonyl (C=O) groups is 1. The Balaban J connectivity index is 1.77. The quantitative estimate of drug-likeness (QED) is 0.374. The number of benzene rings is 2. The monoisotopic (exact) mass is 348 g/mol. The molecule has 3 aromatic rings. The number of Topliss-reactive ketones (excluding diaryl/α,β-unsaturated/α-hetero) is 1. The molecule has 0 aliphatic heterocycles. The number of aromatic nitrogens is 2. The molecule has 0 radical (unpaired) electrons. The Morgan fingerprint density at radius 2 is 1.88 bits per heavy atom. The van der Waals surface area contributed by atoms with Gasteiger partial charge in [0, 0.05) is 12.0 Å². The van der Waals surface area contributed by atoms with Gasteiger partial charge in [0.1, 0.15) is 11.9 Å². The van der Waals surface area contributed by atoms with E-state index in [2.05, 4.69) is 12.0 Å². The lowest BCUT2D eigenvalue weighted by Crippen LogP contribution is -2.40. The van der Waals surface area contributed by atoms with Crippen LogP contribution in [0.4, 0.5) is 0 Å². The van der Waals surface area contributed by atoms with Crippen LogP contribution in [0.25, 0.3) is 0 Å². The summed E-state index contributed by atoms with van der Waals surface area (Å²) in [5.41, 5.74) is 1.70. The second kappa shape index (κ2) is 8.25. The van der Waals surface area contributed by atoms with Crippen molar-refractivity contribution in [3.63, 3.8) is 0 Å². The van der Waals surface area contributed by atoms with Gasteiger partial charge in [0.05, 0.1) is 13.3 Å². The molecule has 0 saturated carbocycles. The van der Waals surface area contributed by atoms with Gasteiger partial charge in [-0.2, -0.15) is 0 Å². The first-order valence-corrected chi connectivity index (χ1v) is 8.57. The summed E-state index contributed by atoms with van der Waals surface area (Å²) < 4.78 is 8.89. The Bertz CT molecular complexity index is 897. The number of imidazole rings is 1. The highest BCUT2D eigenvalue weighted by molar-refractivity contribution is 5.95. The first-order chi connectivity index (χ1) is 12.7. The van der Waals surface area contributed by atoms with Crippen LogP contribution >= 0.6 is 0 Å². The van der Waals surface area contributed by atoms with E-state index in [1.54, 1.807) is 31.4 Å². The molecule has 0 N–H and O–H groups in total. The molecule has 5 nitrogen and oxygen atoms in total. The average molecular weight is 348 g/mol. The van der Waals surface area contributed by atoms with Crippen LogP contribution in [0.3, 0.4) is 0 Å². The van der Waals surface area contributed by atoms with E-state index in [1.165, 1.54) is 0 Å². The third kappa shape index (κ3) is 4.06. The molecule has 0 bridgehead atoms. The maximum Gasteiger partial charge on any atom is 0.282 e. The molecular formula is C21H22N3O2+. The molecule has 0 unspecified atom stereocenters. The summed E-state index contributed by atoms with van der Waals surface area (Å²) in [6, 6.07) is 17.1. The number of ether oxygens (including phenoxy) is 1. The topological polar surface area (TPSA) is 47.5 Å².